The maximum Gasteiger partial charge on any atom is 0.0553 e. The molecule has 25 heavy (non-hydrogen) atoms. The Kier molecular flexibility index (Phi) is 14.0. The molecule has 0 radical (unpaired) electrons. The molecule has 0 aromatic heterocycles. The minimum atomic E-state index is 0.0972. The van der Waals surface area contributed by atoms with E-state index in [4.69, 9.17) is 16.6 Å². The average Bonchev–Trinajstić information content (AvgIpc) is 2.70. The number of aliphatic hydroxyl groups excluding tert-OH is 1. The second-order valence-electron chi connectivity index (χ2n) is 5.01. The van der Waals surface area contributed by atoms with Crippen LogP contribution in [0.25, 0.3) is 10.8 Å². The number of aryl methyl sites for hydroxylation is 1. The maximum absolute atomic E-state index is 7.75. The summed E-state index contributed by atoms with van der Waals surface area (Å²) in [6, 6.07) is 24.8. The summed E-state index contributed by atoms with van der Waals surface area (Å²) in [5, 5.41) is 10.3. The Morgan fingerprint density at radius 2 is 1.28 bits per heavy atom. The first kappa shape index (κ1) is 22.8. The molecular weight excluding hydrogens is 308 g/mol. The molecule has 0 unspecified atom stereocenters. The molecule has 3 rings (SSSR count). The third kappa shape index (κ3) is 9.62. The van der Waals surface area contributed by atoms with Crippen LogP contribution in [-0.2, 0) is 6.54 Å². The molecule has 0 spiro atoms. The van der Waals surface area contributed by atoms with Crippen LogP contribution >= 0.6 is 0 Å². The van der Waals surface area contributed by atoms with Gasteiger partial charge in [0.1, 0.15) is 0 Å². The first-order valence-electron chi connectivity index (χ1n) is 8.72. The van der Waals surface area contributed by atoms with E-state index in [2.05, 4.69) is 43.3 Å². The van der Waals surface area contributed by atoms with Gasteiger partial charge in [-0.15, -0.1) is 0 Å². The highest BCUT2D eigenvalue weighted by Gasteiger charge is 1.95. The average molecular weight is 341 g/mol. The molecule has 0 fully saturated rings. The van der Waals surface area contributed by atoms with Gasteiger partial charge in [-0.1, -0.05) is 92.2 Å². The third-order valence-corrected chi connectivity index (χ3v) is 3.17. The Labute approximate surface area is 152 Å². The van der Waals surface area contributed by atoms with Crippen LogP contribution in [0.1, 0.15) is 25.0 Å². The Hall–Kier alpha value is -2.20. The van der Waals surface area contributed by atoms with Gasteiger partial charge in [-0.2, -0.15) is 0 Å². The Morgan fingerprint density at radius 1 is 0.760 bits per heavy atom. The maximum atomic E-state index is 7.75. The molecule has 0 atom stereocenters. The lowest BCUT2D eigenvalue weighted by Gasteiger charge is -2.02. The molecule has 5 N–H and O–H groups in total. The van der Waals surface area contributed by atoms with Crippen molar-refractivity contribution in [2.75, 3.05) is 13.2 Å². The first-order chi connectivity index (χ1) is 12.2. The SMILES string of the molecule is CC.Cc1ccccc1.NCCO.NCc1cccc2ccccc12. The molecule has 0 aliphatic rings. The topological polar surface area (TPSA) is 72.3 Å². The minimum Gasteiger partial charge on any atom is -0.395 e. The second kappa shape index (κ2) is 15.3. The van der Waals surface area contributed by atoms with Gasteiger partial charge >= 0.3 is 0 Å². The van der Waals surface area contributed by atoms with Crippen molar-refractivity contribution in [3.8, 4) is 0 Å². The fourth-order valence-corrected chi connectivity index (χ4v) is 2.00. The van der Waals surface area contributed by atoms with E-state index in [1.54, 1.807) is 0 Å². The van der Waals surface area contributed by atoms with Gasteiger partial charge in [-0.3, -0.25) is 0 Å². The lowest BCUT2D eigenvalue weighted by atomic mass is 10.1. The molecule has 3 aromatic rings. The van der Waals surface area contributed by atoms with Crippen molar-refractivity contribution in [3.05, 3.63) is 83.9 Å². The van der Waals surface area contributed by atoms with Crippen molar-refractivity contribution < 1.29 is 5.11 Å². The van der Waals surface area contributed by atoms with E-state index in [1.165, 1.54) is 21.9 Å². The van der Waals surface area contributed by atoms with Crippen molar-refractivity contribution in [2.24, 2.45) is 11.5 Å². The van der Waals surface area contributed by atoms with E-state index in [-0.39, 0.29) is 6.61 Å². The fraction of sp³-hybridized carbons (Fsp3) is 0.273. The van der Waals surface area contributed by atoms with Gasteiger partial charge in [0.05, 0.1) is 6.61 Å². The molecule has 0 heterocycles. The molecule has 0 saturated carbocycles. The summed E-state index contributed by atoms with van der Waals surface area (Å²) in [5.74, 6) is 0. The lowest BCUT2D eigenvalue weighted by Crippen LogP contribution is -2.02. The fourth-order valence-electron chi connectivity index (χ4n) is 2.00. The van der Waals surface area contributed by atoms with E-state index in [0.29, 0.717) is 13.1 Å². The van der Waals surface area contributed by atoms with Crippen molar-refractivity contribution in [1.82, 2.24) is 0 Å². The normalized spacial score (nSPS) is 8.88. The van der Waals surface area contributed by atoms with Crippen LogP contribution in [0, 0.1) is 6.92 Å². The van der Waals surface area contributed by atoms with Gasteiger partial charge in [-0.05, 0) is 23.3 Å². The number of aliphatic hydroxyl groups is 1. The van der Waals surface area contributed by atoms with Gasteiger partial charge in [0, 0.05) is 13.1 Å². The van der Waals surface area contributed by atoms with Crippen LogP contribution in [0.5, 0.6) is 0 Å². The molecule has 0 aliphatic heterocycles. The van der Waals surface area contributed by atoms with E-state index in [0.717, 1.165) is 0 Å². The molecule has 136 valence electrons. The van der Waals surface area contributed by atoms with Gasteiger partial charge in [0.25, 0.3) is 0 Å². The number of hydrogen-bond donors (Lipinski definition) is 3. The largest absolute Gasteiger partial charge is 0.395 e. The molecule has 0 aliphatic carbocycles. The lowest BCUT2D eigenvalue weighted by molar-refractivity contribution is 0.306. The predicted octanol–water partition coefficient (Wildman–Crippen LogP) is 4.26. The highest BCUT2D eigenvalue weighted by molar-refractivity contribution is 5.85. The minimum absolute atomic E-state index is 0.0972. The van der Waals surface area contributed by atoms with Gasteiger partial charge in [0.2, 0.25) is 0 Å². The van der Waals surface area contributed by atoms with Gasteiger partial charge < -0.3 is 16.6 Å². The predicted molar refractivity (Wildman–Crippen MR) is 111 cm³/mol. The highest BCUT2D eigenvalue weighted by atomic mass is 16.3. The number of fused-ring (bicyclic) bond motifs is 1. The summed E-state index contributed by atoms with van der Waals surface area (Å²) in [5.41, 5.74) is 12.9. The van der Waals surface area contributed by atoms with E-state index in [1.807, 2.05) is 50.2 Å². The number of benzene rings is 3. The molecule has 3 nitrogen and oxygen atoms in total. The molecule has 3 aromatic carbocycles. The van der Waals surface area contributed by atoms with E-state index < -0.39 is 0 Å². The van der Waals surface area contributed by atoms with Crippen molar-refractivity contribution >= 4 is 10.8 Å². The summed E-state index contributed by atoms with van der Waals surface area (Å²) in [7, 11) is 0. The summed E-state index contributed by atoms with van der Waals surface area (Å²) in [4.78, 5) is 0. The quantitative estimate of drug-likeness (QED) is 0.653. The summed E-state index contributed by atoms with van der Waals surface area (Å²) in [6.45, 7) is 7.17. The second-order valence-corrected chi connectivity index (χ2v) is 5.01. The highest BCUT2D eigenvalue weighted by Crippen LogP contribution is 2.17. The monoisotopic (exact) mass is 340 g/mol. The molecular formula is C22H32N2O. The Balaban J connectivity index is 0.000000378. The zero-order chi connectivity index (χ0) is 18.9. The van der Waals surface area contributed by atoms with Crippen LogP contribution in [0.2, 0.25) is 0 Å². The van der Waals surface area contributed by atoms with Crippen LogP contribution in [0.4, 0.5) is 0 Å². The zero-order valence-electron chi connectivity index (χ0n) is 15.7. The molecule has 3 heteroatoms. The standard InChI is InChI=1S/C11H11N.C7H8.C2H7NO.C2H6/c12-8-10-6-3-5-9-4-1-2-7-11(9)10;1-7-5-3-2-4-6-7;3-1-2-4;1-2/h1-7H,8,12H2;2-6H,1H3;4H,1-3H2;1-2H3. The van der Waals surface area contributed by atoms with Crippen LogP contribution in [0.3, 0.4) is 0 Å². The summed E-state index contributed by atoms with van der Waals surface area (Å²) < 4.78 is 0. The van der Waals surface area contributed by atoms with Crippen LogP contribution < -0.4 is 11.5 Å². The summed E-state index contributed by atoms with van der Waals surface area (Å²) in [6.07, 6.45) is 0. The van der Waals surface area contributed by atoms with Gasteiger partial charge in [0.15, 0.2) is 0 Å². The van der Waals surface area contributed by atoms with E-state index in [9.17, 15) is 0 Å². The Morgan fingerprint density at radius 3 is 1.76 bits per heavy atom. The molecule has 0 amide bonds. The van der Waals surface area contributed by atoms with Crippen LogP contribution in [0.15, 0.2) is 72.8 Å². The van der Waals surface area contributed by atoms with Crippen molar-refractivity contribution in [2.45, 2.75) is 27.3 Å². The zero-order valence-corrected chi connectivity index (χ0v) is 15.7. The van der Waals surface area contributed by atoms with Crippen molar-refractivity contribution in [3.63, 3.8) is 0 Å². The smallest absolute Gasteiger partial charge is 0.0553 e. The van der Waals surface area contributed by atoms with E-state index >= 15 is 0 Å². The summed E-state index contributed by atoms with van der Waals surface area (Å²) >= 11 is 0. The number of hydrogen-bond acceptors (Lipinski definition) is 3. The first-order valence-corrected chi connectivity index (χ1v) is 8.72. The number of nitrogens with two attached hydrogens (primary N) is 2. The molecule has 0 saturated heterocycles. The van der Waals surface area contributed by atoms with Crippen LogP contribution in [-0.4, -0.2) is 18.3 Å². The Bertz CT molecular complexity index is 662. The molecule has 0 bridgehead atoms. The number of rotatable bonds is 2. The third-order valence-electron chi connectivity index (χ3n) is 3.17. The van der Waals surface area contributed by atoms with Gasteiger partial charge in [-0.25, -0.2) is 0 Å². The van der Waals surface area contributed by atoms with Crippen molar-refractivity contribution in [1.29, 1.82) is 0 Å².